The van der Waals surface area contributed by atoms with Crippen molar-refractivity contribution < 1.29 is 14.4 Å². The number of urea groups is 1. The third-order valence-electron chi connectivity index (χ3n) is 6.99. The number of nitrogens with zero attached hydrogens (tertiary/aromatic N) is 4. The molecule has 2 fully saturated rings. The van der Waals surface area contributed by atoms with Gasteiger partial charge in [-0.1, -0.05) is 80.4 Å². The monoisotopic (exact) mass is 501 g/mol. The Morgan fingerprint density at radius 2 is 1.70 bits per heavy atom. The first-order valence-electron chi connectivity index (χ1n) is 12.8. The smallest absolute Gasteiger partial charge is 0.333 e. The topological polar surface area (TPSA) is 76.2 Å². The Morgan fingerprint density at radius 1 is 1.05 bits per heavy atom. The van der Waals surface area contributed by atoms with Crippen LogP contribution in [0.4, 0.5) is 4.79 Å². The predicted molar refractivity (Wildman–Crippen MR) is 141 cm³/mol. The molecule has 2 aliphatic rings. The first-order chi connectivity index (χ1) is 17.8. The Bertz CT molecular complexity index is 1150. The largest absolute Gasteiger partial charge is 0.334 e. The summed E-state index contributed by atoms with van der Waals surface area (Å²) in [5, 5.41) is 6.14. The summed E-state index contributed by atoms with van der Waals surface area (Å²) in [4.78, 5) is 44.3. The molecule has 3 atom stereocenters. The standard InChI is InChI=1S/C29H35N5O3/c1-5-16-31-20-27(35)33-25(17-21(2)3)28(36)32(22(4)24-14-10-7-11-15-24)19-26(33)34(31)29(37)30-18-23-12-8-6-9-13-23/h1,6-15,21-22,25-26H,16-20H2,2-4H3,(H,30,37)/t22?,25-,26?/m0/s1. The molecule has 8 nitrogen and oxygen atoms in total. The molecule has 2 aromatic rings. The number of amides is 4. The second kappa shape index (κ2) is 11.5. The van der Waals surface area contributed by atoms with E-state index in [4.69, 9.17) is 6.42 Å². The molecule has 37 heavy (non-hydrogen) atoms. The Kier molecular flexibility index (Phi) is 8.14. The van der Waals surface area contributed by atoms with Gasteiger partial charge in [-0.15, -0.1) is 6.42 Å². The number of hydrogen-bond acceptors (Lipinski definition) is 4. The molecule has 0 aromatic heterocycles. The second-order valence-electron chi connectivity index (χ2n) is 10.0. The number of carbonyl (C=O) groups excluding carboxylic acids is 3. The van der Waals surface area contributed by atoms with Gasteiger partial charge in [0.15, 0.2) is 0 Å². The van der Waals surface area contributed by atoms with E-state index in [0.717, 1.165) is 11.1 Å². The number of fused-ring (bicyclic) bond motifs is 1. The summed E-state index contributed by atoms with van der Waals surface area (Å²) >= 11 is 0. The van der Waals surface area contributed by atoms with Crippen molar-refractivity contribution in [3.63, 3.8) is 0 Å². The van der Waals surface area contributed by atoms with Crippen molar-refractivity contribution in [3.8, 4) is 12.3 Å². The van der Waals surface area contributed by atoms with Crippen molar-refractivity contribution in [3.05, 3.63) is 71.8 Å². The summed E-state index contributed by atoms with van der Waals surface area (Å²) in [5.74, 6) is 2.47. The number of nitrogens with one attached hydrogen (secondary N) is 1. The minimum atomic E-state index is -0.669. The summed E-state index contributed by atoms with van der Waals surface area (Å²) in [6, 6.07) is 18.2. The predicted octanol–water partition coefficient (Wildman–Crippen LogP) is 3.23. The van der Waals surface area contributed by atoms with Gasteiger partial charge >= 0.3 is 6.03 Å². The third-order valence-corrected chi connectivity index (χ3v) is 6.99. The van der Waals surface area contributed by atoms with Gasteiger partial charge in [0.05, 0.1) is 25.7 Å². The van der Waals surface area contributed by atoms with E-state index in [9.17, 15) is 14.4 Å². The van der Waals surface area contributed by atoms with Crippen LogP contribution in [-0.2, 0) is 16.1 Å². The second-order valence-corrected chi connectivity index (χ2v) is 10.0. The highest BCUT2D eigenvalue weighted by Crippen LogP contribution is 2.33. The van der Waals surface area contributed by atoms with E-state index in [-0.39, 0.29) is 49.4 Å². The quantitative estimate of drug-likeness (QED) is 0.591. The molecule has 0 aliphatic carbocycles. The van der Waals surface area contributed by atoms with Crippen molar-refractivity contribution >= 4 is 17.8 Å². The average Bonchev–Trinajstić information content (AvgIpc) is 2.89. The molecular formula is C29H35N5O3. The SMILES string of the molecule is C#CCN1CC(=O)N2C(CN(C(C)c3ccccc3)C(=O)[C@@H]2CC(C)C)N1C(=O)NCc1ccccc1. The lowest BCUT2D eigenvalue weighted by molar-refractivity contribution is -0.191. The molecule has 4 rings (SSSR count). The van der Waals surface area contributed by atoms with Crippen molar-refractivity contribution in [2.75, 3.05) is 19.6 Å². The summed E-state index contributed by atoms with van der Waals surface area (Å²) < 4.78 is 0. The van der Waals surface area contributed by atoms with Gasteiger partial charge in [-0.25, -0.2) is 9.80 Å². The minimum Gasteiger partial charge on any atom is -0.333 e. The van der Waals surface area contributed by atoms with Crippen LogP contribution in [0.5, 0.6) is 0 Å². The summed E-state index contributed by atoms with van der Waals surface area (Å²) in [6.07, 6.45) is 5.47. The fraction of sp³-hybridized carbons (Fsp3) is 0.414. The van der Waals surface area contributed by atoms with Gasteiger partial charge in [-0.2, -0.15) is 5.01 Å². The number of terminal acetylenes is 1. The number of piperazine rings is 1. The van der Waals surface area contributed by atoms with E-state index in [2.05, 4.69) is 11.2 Å². The average molecular weight is 502 g/mol. The molecule has 2 aliphatic heterocycles. The van der Waals surface area contributed by atoms with Gasteiger partial charge < -0.3 is 15.1 Å². The Morgan fingerprint density at radius 3 is 2.32 bits per heavy atom. The molecule has 0 saturated carbocycles. The van der Waals surface area contributed by atoms with Crippen molar-refractivity contribution in [2.45, 2.75) is 52.0 Å². The molecule has 0 bridgehead atoms. The van der Waals surface area contributed by atoms with Crippen LogP contribution in [0.1, 0.15) is 44.4 Å². The molecule has 2 heterocycles. The maximum atomic E-state index is 13.8. The number of hydrazine groups is 1. The number of hydrogen-bond donors (Lipinski definition) is 1. The lowest BCUT2D eigenvalue weighted by Crippen LogP contribution is -2.76. The Labute approximate surface area is 219 Å². The van der Waals surface area contributed by atoms with E-state index in [1.807, 2.05) is 81.4 Å². The van der Waals surface area contributed by atoms with Gasteiger partial charge in [-0.3, -0.25) is 9.59 Å². The Balaban J connectivity index is 1.69. The van der Waals surface area contributed by atoms with Crippen LogP contribution in [0.25, 0.3) is 0 Å². The highest BCUT2D eigenvalue weighted by atomic mass is 16.2. The van der Waals surface area contributed by atoms with E-state index in [1.54, 1.807) is 19.8 Å². The first kappa shape index (κ1) is 26.2. The van der Waals surface area contributed by atoms with Crippen LogP contribution in [0.2, 0.25) is 0 Å². The van der Waals surface area contributed by atoms with Gasteiger partial charge in [0, 0.05) is 6.54 Å². The third kappa shape index (κ3) is 5.62. The number of benzene rings is 2. The van der Waals surface area contributed by atoms with Crippen molar-refractivity contribution in [1.82, 2.24) is 25.1 Å². The maximum absolute atomic E-state index is 13.8. The van der Waals surface area contributed by atoms with Crippen molar-refractivity contribution in [2.24, 2.45) is 5.92 Å². The zero-order chi connectivity index (χ0) is 26.5. The van der Waals surface area contributed by atoms with E-state index in [1.165, 1.54) is 0 Å². The molecule has 2 saturated heterocycles. The lowest BCUT2D eigenvalue weighted by atomic mass is 9.95. The summed E-state index contributed by atoms with van der Waals surface area (Å²) in [5.41, 5.74) is 1.95. The van der Waals surface area contributed by atoms with Crippen LogP contribution in [0.15, 0.2) is 60.7 Å². The van der Waals surface area contributed by atoms with Crippen molar-refractivity contribution in [1.29, 1.82) is 0 Å². The zero-order valence-electron chi connectivity index (χ0n) is 21.7. The molecule has 8 heteroatoms. The van der Waals surface area contributed by atoms with Crippen LogP contribution in [0, 0.1) is 18.3 Å². The van der Waals surface area contributed by atoms with Gasteiger partial charge in [-0.05, 0) is 30.4 Å². The first-order valence-corrected chi connectivity index (χ1v) is 12.8. The Hall–Kier alpha value is -3.83. The molecule has 1 N–H and O–H groups in total. The highest BCUT2D eigenvalue weighted by molar-refractivity contribution is 5.91. The fourth-order valence-corrected chi connectivity index (χ4v) is 5.19. The molecule has 2 unspecified atom stereocenters. The van der Waals surface area contributed by atoms with Crippen LogP contribution < -0.4 is 5.32 Å². The molecule has 194 valence electrons. The van der Waals surface area contributed by atoms with Crippen LogP contribution >= 0.6 is 0 Å². The van der Waals surface area contributed by atoms with Gasteiger partial charge in [0.1, 0.15) is 12.2 Å². The minimum absolute atomic E-state index is 0.0599. The molecule has 0 radical (unpaired) electrons. The lowest BCUT2D eigenvalue weighted by Gasteiger charge is -2.56. The van der Waals surface area contributed by atoms with Gasteiger partial charge in [0.2, 0.25) is 11.8 Å². The number of carbonyl (C=O) groups is 3. The normalized spacial score (nSPS) is 21.0. The van der Waals surface area contributed by atoms with E-state index < -0.39 is 12.2 Å². The molecule has 0 spiro atoms. The highest BCUT2D eigenvalue weighted by Gasteiger charge is 2.52. The fourth-order valence-electron chi connectivity index (χ4n) is 5.19. The molecule has 4 amide bonds. The summed E-state index contributed by atoms with van der Waals surface area (Å²) in [7, 11) is 0. The zero-order valence-corrected chi connectivity index (χ0v) is 21.7. The number of rotatable bonds is 7. The van der Waals surface area contributed by atoms with Gasteiger partial charge in [0.25, 0.3) is 0 Å². The van der Waals surface area contributed by atoms with Crippen LogP contribution in [-0.4, -0.2) is 69.5 Å². The van der Waals surface area contributed by atoms with E-state index >= 15 is 0 Å². The van der Waals surface area contributed by atoms with Crippen LogP contribution in [0.3, 0.4) is 0 Å². The maximum Gasteiger partial charge on any atom is 0.334 e. The summed E-state index contributed by atoms with van der Waals surface area (Å²) in [6.45, 7) is 6.62. The molecule has 2 aromatic carbocycles. The van der Waals surface area contributed by atoms with E-state index in [0.29, 0.717) is 13.0 Å². The molecular weight excluding hydrogens is 466 g/mol.